The van der Waals surface area contributed by atoms with Gasteiger partial charge in [0.15, 0.2) is 0 Å². The van der Waals surface area contributed by atoms with Crippen molar-refractivity contribution in [1.82, 2.24) is 15.0 Å². The van der Waals surface area contributed by atoms with Crippen molar-refractivity contribution in [1.29, 1.82) is 0 Å². The van der Waals surface area contributed by atoms with Crippen molar-refractivity contribution in [2.24, 2.45) is 11.8 Å². The smallest absolute Gasteiger partial charge is 0.0708 e. The number of pyridine rings is 3. The normalized spacial score (nSPS) is 16.4. The molecule has 0 aliphatic heterocycles. The monoisotopic (exact) mass is 1030 g/mol. The fourth-order valence-electron chi connectivity index (χ4n) is 12.3. The van der Waals surface area contributed by atoms with Gasteiger partial charge >= 0.3 is 0 Å². The van der Waals surface area contributed by atoms with Gasteiger partial charge in [-0.3, -0.25) is 15.0 Å². The van der Waals surface area contributed by atoms with Crippen LogP contribution < -0.4 is 0 Å². The van der Waals surface area contributed by atoms with Gasteiger partial charge in [-0.15, -0.1) is 0 Å². The molecule has 0 amide bonds. The van der Waals surface area contributed by atoms with Gasteiger partial charge < -0.3 is 0 Å². The fraction of sp³-hybridized carbons (Fsp3) is 0.400. The molecule has 1 aliphatic rings. The fourth-order valence-corrected chi connectivity index (χ4v) is 12.3. The molecule has 0 atom stereocenters. The summed E-state index contributed by atoms with van der Waals surface area (Å²) in [6.07, 6.45) is 13.0. The Balaban J connectivity index is 0.986. The summed E-state index contributed by atoms with van der Waals surface area (Å²) in [6.45, 7) is 30.1. The van der Waals surface area contributed by atoms with Crippen LogP contribution in [0, 0.1) is 18.7 Å². The average molecular weight is 1040 g/mol. The Morgan fingerprint density at radius 2 is 0.795 bits per heavy atom. The second-order valence-corrected chi connectivity index (χ2v) is 27.5. The molecule has 0 spiro atoms. The summed E-state index contributed by atoms with van der Waals surface area (Å²) < 4.78 is 25.4. The van der Waals surface area contributed by atoms with Crippen LogP contribution in [0.1, 0.15) is 188 Å². The first kappa shape index (κ1) is 52.3. The van der Waals surface area contributed by atoms with Gasteiger partial charge in [0.25, 0.3) is 0 Å². The Morgan fingerprint density at radius 1 is 0.423 bits per heavy atom. The molecule has 8 aromatic rings. The molecule has 0 saturated heterocycles. The first-order valence-corrected chi connectivity index (χ1v) is 29.0. The highest BCUT2D eigenvalue weighted by atomic mass is 14.7. The van der Waals surface area contributed by atoms with Crippen molar-refractivity contribution in [2.75, 3.05) is 0 Å². The standard InChI is InChI=1S/C75H89N3/c1-50(2)55-16-18-56(19-17-55)57-20-22-58(23-21-57)67-45-70(78-49-51(67)3)61-28-34-64(35-29-61)75(14,15)48-54-41-52(46-73(10,11)62-30-24-59(25-31-62)68-43-65(36-38-76-68)71(4,5)6)40-53(42-54)47-74(12,13)63-32-26-60(27-33-63)69-44-66(37-39-77-69)72(7,8)9/h20-45,49-50,55-56H,16-19,46-48H2,1-15H3/i3D3. The summed E-state index contributed by atoms with van der Waals surface area (Å²) >= 11 is 0. The first-order chi connectivity index (χ1) is 38.0. The van der Waals surface area contributed by atoms with Gasteiger partial charge in [-0.2, -0.15) is 0 Å². The summed E-state index contributed by atoms with van der Waals surface area (Å²) in [4.78, 5) is 14.3. The van der Waals surface area contributed by atoms with E-state index in [4.69, 9.17) is 19.1 Å². The average Bonchev–Trinajstić information content (AvgIpc) is 3.43. The van der Waals surface area contributed by atoms with Crippen LogP contribution >= 0.6 is 0 Å². The Hall–Kier alpha value is -6.45. The number of nitrogens with zero attached hydrogens (tertiary/aromatic N) is 3. The second kappa shape index (κ2) is 22.4. The molecular formula is C75H89N3. The molecule has 0 unspecified atom stereocenters. The summed E-state index contributed by atoms with van der Waals surface area (Å²) in [5.74, 6) is 2.10. The largest absolute Gasteiger partial charge is 0.256 e. The molecule has 5 aromatic carbocycles. The van der Waals surface area contributed by atoms with Crippen LogP contribution in [0.5, 0.6) is 0 Å². The lowest BCUT2D eigenvalue weighted by Gasteiger charge is -2.31. The zero-order valence-electron chi connectivity index (χ0n) is 52.6. The highest BCUT2D eigenvalue weighted by molar-refractivity contribution is 5.73. The topological polar surface area (TPSA) is 38.7 Å². The molecule has 0 radical (unpaired) electrons. The van der Waals surface area contributed by atoms with Gasteiger partial charge in [-0.05, 0) is 194 Å². The Morgan fingerprint density at radius 3 is 1.15 bits per heavy atom. The summed E-state index contributed by atoms with van der Waals surface area (Å²) in [6, 6.07) is 53.7. The third-order valence-electron chi connectivity index (χ3n) is 17.5. The van der Waals surface area contributed by atoms with E-state index in [1.807, 2.05) is 18.5 Å². The van der Waals surface area contributed by atoms with Gasteiger partial charge in [0, 0.05) is 39.4 Å². The number of hydrogen-bond acceptors (Lipinski definition) is 3. The predicted molar refractivity (Wildman–Crippen MR) is 333 cm³/mol. The zero-order chi connectivity index (χ0) is 58.3. The maximum atomic E-state index is 8.47. The van der Waals surface area contributed by atoms with Crippen LogP contribution in [0.25, 0.3) is 44.9 Å². The van der Waals surface area contributed by atoms with Crippen LogP contribution in [0.15, 0.2) is 164 Å². The lowest BCUT2D eigenvalue weighted by molar-refractivity contribution is 0.259. The predicted octanol–water partition coefficient (Wildman–Crippen LogP) is 19.9. The molecule has 0 N–H and O–H groups in total. The third kappa shape index (κ3) is 13.2. The van der Waals surface area contributed by atoms with Crippen LogP contribution in [-0.4, -0.2) is 15.0 Å². The number of hydrogen-bond donors (Lipinski definition) is 0. The van der Waals surface area contributed by atoms with Crippen molar-refractivity contribution in [3.8, 4) is 44.9 Å². The minimum Gasteiger partial charge on any atom is -0.256 e. The van der Waals surface area contributed by atoms with E-state index < -0.39 is 6.85 Å². The van der Waals surface area contributed by atoms with Crippen LogP contribution in [0.3, 0.4) is 0 Å². The van der Waals surface area contributed by atoms with E-state index in [-0.39, 0.29) is 32.6 Å². The molecule has 404 valence electrons. The minimum atomic E-state index is -2.29. The first-order valence-electron chi connectivity index (χ1n) is 30.5. The van der Waals surface area contributed by atoms with E-state index in [0.29, 0.717) is 11.5 Å². The zero-order valence-corrected chi connectivity index (χ0v) is 49.6. The van der Waals surface area contributed by atoms with Gasteiger partial charge in [-0.1, -0.05) is 212 Å². The molecule has 3 heterocycles. The van der Waals surface area contributed by atoms with E-state index in [0.717, 1.165) is 70.4 Å². The molecule has 3 heteroatoms. The van der Waals surface area contributed by atoms with E-state index >= 15 is 0 Å². The van der Waals surface area contributed by atoms with Crippen molar-refractivity contribution in [2.45, 2.75) is 182 Å². The molecule has 9 rings (SSSR count). The Kier molecular flexibility index (Phi) is 15.0. The Labute approximate surface area is 475 Å². The lowest BCUT2D eigenvalue weighted by atomic mass is 9.74. The highest BCUT2D eigenvalue weighted by Crippen LogP contribution is 2.41. The molecule has 0 bridgehead atoms. The quantitative estimate of drug-likeness (QED) is 0.103. The SMILES string of the molecule is [2H]C([2H])([2H])c1cnc(-c2ccc(C(C)(C)Cc3cc(CC(C)(C)c4ccc(-c5cc(C(C)(C)C)ccn5)cc4)cc(CC(C)(C)c4ccc(-c5cc(C(C)(C)C)ccn5)cc4)c3)cc2)cc1-c1ccc(C2CCC(C(C)C)CC2)cc1. The summed E-state index contributed by atoms with van der Waals surface area (Å²) in [5.41, 5.74) is 19.3. The van der Waals surface area contributed by atoms with Crippen LogP contribution in [0.4, 0.5) is 0 Å². The van der Waals surface area contributed by atoms with Gasteiger partial charge in [-0.25, -0.2) is 0 Å². The minimum absolute atomic E-state index is 0.0470. The summed E-state index contributed by atoms with van der Waals surface area (Å²) in [7, 11) is 0. The van der Waals surface area contributed by atoms with Gasteiger partial charge in [0.1, 0.15) is 0 Å². The van der Waals surface area contributed by atoms with Gasteiger partial charge in [0.05, 0.1) is 17.1 Å². The van der Waals surface area contributed by atoms with E-state index in [1.54, 1.807) is 6.20 Å². The van der Waals surface area contributed by atoms with Crippen molar-refractivity contribution in [3.05, 3.63) is 220 Å². The number of aromatic nitrogens is 3. The van der Waals surface area contributed by atoms with E-state index in [2.05, 4.69) is 236 Å². The number of aryl methyl sites for hydroxylation is 1. The van der Waals surface area contributed by atoms with Crippen molar-refractivity contribution < 1.29 is 4.11 Å². The van der Waals surface area contributed by atoms with Gasteiger partial charge in [0.2, 0.25) is 0 Å². The maximum Gasteiger partial charge on any atom is 0.0708 e. The molecule has 1 aliphatic carbocycles. The van der Waals surface area contributed by atoms with E-state index in [1.165, 1.54) is 75.8 Å². The lowest BCUT2D eigenvalue weighted by Crippen LogP contribution is -2.24. The number of benzene rings is 5. The molecule has 78 heavy (non-hydrogen) atoms. The highest BCUT2D eigenvalue weighted by Gasteiger charge is 2.29. The second-order valence-electron chi connectivity index (χ2n) is 27.5. The summed E-state index contributed by atoms with van der Waals surface area (Å²) in [5, 5.41) is 0. The Bertz CT molecular complexity index is 3300. The van der Waals surface area contributed by atoms with Crippen LogP contribution in [-0.2, 0) is 46.3 Å². The van der Waals surface area contributed by atoms with Crippen LogP contribution in [0.2, 0.25) is 0 Å². The molecular weight excluding hydrogens is 943 g/mol. The maximum absolute atomic E-state index is 8.47. The number of rotatable bonds is 15. The third-order valence-corrected chi connectivity index (χ3v) is 17.5. The molecule has 1 fully saturated rings. The van der Waals surface area contributed by atoms with Crippen molar-refractivity contribution >= 4 is 0 Å². The molecule has 3 aromatic heterocycles. The molecule has 3 nitrogen and oxygen atoms in total. The molecule has 1 saturated carbocycles. The van der Waals surface area contributed by atoms with E-state index in [9.17, 15) is 0 Å². The van der Waals surface area contributed by atoms with Crippen molar-refractivity contribution in [3.63, 3.8) is 0 Å².